The molecule has 0 amide bonds. The number of nitrogens with zero attached hydrogens (tertiary/aromatic N) is 3. The van der Waals surface area contributed by atoms with Crippen molar-refractivity contribution in [1.29, 1.82) is 0 Å². The Hall–Kier alpha value is -0.700. The van der Waals surface area contributed by atoms with Crippen LogP contribution in [0.1, 0.15) is 36.4 Å². The van der Waals surface area contributed by atoms with Gasteiger partial charge in [0.2, 0.25) is 15.9 Å². The van der Waals surface area contributed by atoms with Crippen LogP contribution in [0.15, 0.2) is 4.52 Å². The molecular formula is C12H19ClN4O3S. The Labute approximate surface area is 129 Å². The van der Waals surface area contributed by atoms with Gasteiger partial charge in [0.1, 0.15) is 0 Å². The van der Waals surface area contributed by atoms with E-state index < -0.39 is 10.0 Å². The van der Waals surface area contributed by atoms with Crippen molar-refractivity contribution in [3.8, 4) is 0 Å². The monoisotopic (exact) mass is 334 g/mol. The maximum Gasteiger partial charge on any atom is 0.231 e. The molecule has 1 unspecified atom stereocenters. The second kappa shape index (κ2) is 4.91. The number of hydrogen-bond donors (Lipinski definition) is 1. The molecule has 0 radical (unpaired) electrons. The van der Waals surface area contributed by atoms with Crippen molar-refractivity contribution < 1.29 is 12.9 Å². The molecule has 1 aliphatic carbocycles. The summed E-state index contributed by atoms with van der Waals surface area (Å²) in [4.78, 5) is 4.52. The molecule has 3 aliphatic rings. The molecule has 3 heterocycles. The van der Waals surface area contributed by atoms with Gasteiger partial charge in [-0.3, -0.25) is 0 Å². The largest absolute Gasteiger partial charge is 0.339 e. The number of halogens is 1. The molecule has 21 heavy (non-hydrogen) atoms. The maximum absolute atomic E-state index is 11.8. The van der Waals surface area contributed by atoms with Gasteiger partial charge in [0, 0.05) is 37.5 Å². The standard InChI is InChI=1S/C12H18N4O3S.ClH/c1-20(17,18)16-4-9(12(7-16)5-13-6-12)11-14-10(15-19-11)8-2-3-8;/h8-9,13H,2-7H2,1H3;1H. The van der Waals surface area contributed by atoms with Crippen LogP contribution in [0, 0.1) is 5.41 Å². The summed E-state index contributed by atoms with van der Waals surface area (Å²) >= 11 is 0. The summed E-state index contributed by atoms with van der Waals surface area (Å²) in [6.45, 7) is 2.62. The second-order valence-corrected chi connectivity index (χ2v) is 8.32. The number of hydrogen-bond acceptors (Lipinski definition) is 6. The van der Waals surface area contributed by atoms with E-state index in [1.165, 1.54) is 6.26 Å². The normalized spacial score (nSPS) is 28.3. The number of aromatic nitrogens is 2. The Bertz CT molecular complexity index is 639. The van der Waals surface area contributed by atoms with E-state index in [4.69, 9.17) is 4.52 Å². The lowest BCUT2D eigenvalue weighted by molar-refractivity contribution is 0.144. The fourth-order valence-electron chi connectivity index (χ4n) is 3.22. The van der Waals surface area contributed by atoms with Crippen molar-refractivity contribution in [3.05, 3.63) is 11.7 Å². The molecule has 0 aromatic carbocycles. The summed E-state index contributed by atoms with van der Waals surface area (Å²) in [5.74, 6) is 1.87. The highest BCUT2D eigenvalue weighted by Gasteiger charge is 2.55. The molecule has 1 atom stereocenters. The third-order valence-electron chi connectivity index (χ3n) is 4.74. The van der Waals surface area contributed by atoms with E-state index in [-0.39, 0.29) is 23.7 Å². The molecule has 1 saturated carbocycles. The molecule has 3 fully saturated rings. The molecule has 1 aromatic heterocycles. The van der Waals surface area contributed by atoms with Crippen LogP contribution in [-0.2, 0) is 10.0 Å². The zero-order chi connectivity index (χ0) is 14.0. The van der Waals surface area contributed by atoms with E-state index in [1.54, 1.807) is 4.31 Å². The first-order valence-electron chi connectivity index (χ1n) is 6.97. The van der Waals surface area contributed by atoms with E-state index in [0.717, 1.165) is 31.8 Å². The van der Waals surface area contributed by atoms with Crippen molar-refractivity contribution >= 4 is 22.4 Å². The van der Waals surface area contributed by atoms with Crippen LogP contribution in [0.4, 0.5) is 0 Å². The van der Waals surface area contributed by atoms with Gasteiger partial charge in [-0.15, -0.1) is 12.4 Å². The van der Waals surface area contributed by atoms with Gasteiger partial charge in [-0.05, 0) is 12.8 Å². The molecule has 9 heteroatoms. The lowest BCUT2D eigenvalue weighted by Gasteiger charge is -2.42. The van der Waals surface area contributed by atoms with Crippen molar-refractivity contribution in [1.82, 2.24) is 19.8 Å². The summed E-state index contributed by atoms with van der Waals surface area (Å²) in [6, 6.07) is 0. The SMILES string of the molecule is CS(=O)(=O)N1CC(c2nc(C3CC3)no2)C2(CNC2)C1.Cl. The highest BCUT2D eigenvalue weighted by molar-refractivity contribution is 7.88. The Balaban J connectivity index is 0.00000132. The van der Waals surface area contributed by atoms with E-state index in [0.29, 0.717) is 24.9 Å². The van der Waals surface area contributed by atoms with Crippen LogP contribution in [-0.4, -0.2) is 55.3 Å². The van der Waals surface area contributed by atoms with Crippen LogP contribution in [0.3, 0.4) is 0 Å². The van der Waals surface area contributed by atoms with E-state index in [2.05, 4.69) is 15.5 Å². The Morgan fingerprint density at radius 3 is 2.62 bits per heavy atom. The predicted molar refractivity (Wildman–Crippen MR) is 78.0 cm³/mol. The van der Waals surface area contributed by atoms with Crippen LogP contribution < -0.4 is 5.32 Å². The van der Waals surface area contributed by atoms with Gasteiger partial charge < -0.3 is 9.84 Å². The van der Waals surface area contributed by atoms with Gasteiger partial charge in [-0.1, -0.05) is 5.16 Å². The molecular weight excluding hydrogens is 316 g/mol. The van der Waals surface area contributed by atoms with E-state index in [9.17, 15) is 8.42 Å². The highest BCUT2D eigenvalue weighted by Crippen LogP contribution is 2.47. The number of sulfonamides is 1. The van der Waals surface area contributed by atoms with Gasteiger partial charge in [0.05, 0.1) is 12.2 Å². The summed E-state index contributed by atoms with van der Waals surface area (Å²) in [6.07, 6.45) is 3.52. The summed E-state index contributed by atoms with van der Waals surface area (Å²) in [7, 11) is -3.17. The average molecular weight is 335 g/mol. The second-order valence-electron chi connectivity index (χ2n) is 6.34. The van der Waals surface area contributed by atoms with Crippen LogP contribution in [0.2, 0.25) is 0 Å². The molecule has 2 saturated heterocycles. The minimum atomic E-state index is -3.17. The summed E-state index contributed by atoms with van der Waals surface area (Å²) in [5, 5.41) is 7.31. The van der Waals surface area contributed by atoms with Crippen molar-refractivity contribution in [2.45, 2.75) is 24.7 Å². The maximum atomic E-state index is 11.8. The van der Waals surface area contributed by atoms with Gasteiger partial charge in [0.15, 0.2) is 5.82 Å². The quantitative estimate of drug-likeness (QED) is 0.856. The minimum Gasteiger partial charge on any atom is -0.339 e. The number of rotatable bonds is 3. The van der Waals surface area contributed by atoms with Gasteiger partial charge >= 0.3 is 0 Å². The van der Waals surface area contributed by atoms with Gasteiger partial charge in [-0.25, -0.2) is 12.7 Å². The lowest BCUT2D eigenvalue weighted by atomic mass is 9.73. The van der Waals surface area contributed by atoms with Crippen molar-refractivity contribution in [2.75, 3.05) is 32.4 Å². The van der Waals surface area contributed by atoms with Gasteiger partial charge in [-0.2, -0.15) is 4.98 Å². The first-order valence-corrected chi connectivity index (χ1v) is 8.82. The molecule has 1 N–H and O–H groups in total. The highest BCUT2D eigenvalue weighted by atomic mass is 35.5. The topological polar surface area (TPSA) is 88.3 Å². The molecule has 1 spiro atoms. The number of nitrogens with one attached hydrogen (secondary N) is 1. The third kappa shape index (κ3) is 2.48. The smallest absolute Gasteiger partial charge is 0.231 e. The molecule has 7 nitrogen and oxygen atoms in total. The van der Waals surface area contributed by atoms with E-state index in [1.807, 2.05) is 0 Å². The molecule has 2 aliphatic heterocycles. The predicted octanol–water partition coefficient (Wildman–Crippen LogP) is 0.317. The van der Waals surface area contributed by atoms with Crippen LogP contribution in [0.5, 0.6) is 0 Å². The first kappa shape index (κ1) is 15.2. The Morgan fingerprint density at radius 1 is 1.38 bits per heavy atom. The fourth-order valence-corrected chi connectivity index (χ4v) is 4.13. The summed E-state index contributed by atoms with van der Waals surface area (Å²) < 4.78 is 30.6. The fraction of sp³-hybridized carbons (Fsp3) is 0.833. The lowest BCUT2D eigenvalue weighted by Crippen LogP contribution is -2.57. The van der Waals surface area contributed by atoms with Crippen LogP contribution >= 0.6 is 12.4 Å². The molecule has 118 valence electrons. The zero-order valence-corrected chi connectivity index (χ0v) is 13.4. The summed E-state index contributed by atoms with van der Waals surface area (Å²) in [5.41, 5.74) is -0.0730. The van der Waals surface area contributed by atoms with E-state index >= 15 is 0 Å². The minimum absolute atomic E-state index is 0. The van der Waals surface area contributed by atoms with Crippen molar-refractivity contribution in [2.24, 2.45) is 5.41 Å². The molecule has 1 aromatic rings. The Kier molecular flexibility index (Phi) is 3.55. The van der Waals surface area contributed by atoms with Crippen LogP contribution in [0.25, 0.3) is 0 Å². The average Bonchev–Trinajstić information content (AvgIpc) is 2.91. The first-order chi connectivity index (χ1) is 9.48. The molecule has 4 rings (SSSR count). The zero-order valence-electron chi connectivity index (χ0n) is 11.8. The van der Waals surface area contributed by atoms with Crippen molar-refractivity contribution in [3.63, 3.8) is 0 Å². The van der Waals surface area contributed by atoms with Gasteiger partial charge in [0.25, 0.3) is 0 Å². The molecule has 0 bridgehead atoms. The third-order valence-corrected chi connectivity index (χ3v) is 5.95. The Morgan fingerprint density at radius 2 is 2.10 bits per heavy atom.